The topological polar surface area (TPSA) is 59.7 Å². The molecule has 0 unspecified atom stereocenters. The van der Waals surface area contributed by atoms with E-state index in [-0.39, 0.29) is 17.2 Å². The van der Waals surface area contributed by atoms with Crippen LogP contribution in [0.4, 0.5) is 0 Å². The van der Waals surface area contributed by atoms with Crippen LogP contribution in [0.5, 0.6) is 0 Å². The second-order valence-corrected chi connectivity index (χ2v) is 6.91. The lowest BCUT2D eigenvalue weighted by Crippen LogP contribution is -2.52. The molecule has 1 saturated carbocycles. The second kappa shape index (κ2) is 5.46. The molecule has 2 aromatic rings. The van der Waals surface area contributed by atoms with Crippen LogP contribution in [0.3, 0.4) is 0 Å². The predicted molar refractivity (Wildman–Crippen MR) is 85.8 cm³/mol. The summed E-state index contributed by atoms with van der Waals surface area (Å²) in [5.74, 6) is -0.132. The molecule has 2 aromatic heterocycles. The molecule has 2 fully saturated rings. The third-order valence-electron chi connectivity index (χ3n) is 4.80. The summed E-state index contributed by atoms with van der Waals surface area (Å²) in [5.41, 5.74) is 1.60. The maximum Gasteiger partial charge on any atom is 0.276 e. The van der Waals surface area contributed by atoms with Gasteiger partial charge in [0, 0.05) is 18.9 Å². The molecular weight excluding hydrogens is 316 g/mol. The van der Waals surface area contributed by atoms with Crippen LogP contribution in [0.25, 0.3) is 5.65 Å². The highest BCUT2D eigenvalue weighted by Gasteiger charge is 2.41. The molecule has 0 atom stereocenters. The lowest BCUT2D eigenvalue weighted by molar-refractivity contribution is -0.0949. The number of aromatic nitrogens is 3. The smallest absolute Gasteiger partial charge is 0.276 e. The zero-order valence-electron chi connectivity index (χ0n) is 13.1. The first-order chi connectivity index (χ1) is 11.1. The molecule has 1 aliphatic carbocycles. The van der Waals surface area contributed by atoms with Crippen molar-refractivity contribution in [3.63, 3.8) is 0 Å². The van der Waals surface area contributed by atoms with E-state index in [0.29, 0.717) is 30.4 Å². The van der Waals surface area contributed by atoms with Crippen molar-refractivity contribution in [2.75, 3.05) is 19.7 Å². The monoisotopic (exact) mass is 334 g/mol. The van der Waals surface area contributed by atoms with Crippen molar-refractivity contribution >= 4 is 23.2 Å². The lowest BCUT2D eigenvalue weighted by atomic mass is 9.99. The van der Waals surface area contributed by atoms with Crippen LogP contribution in [-0.2, 0) is 4.74 Å². The molecule has 1 aliphatic heterocycles. The van der Waals surface area contributed by atoms with Gasteiger partial charge in [0.15, 0.2) is 11.3 Å². The van der Waals surface area contributed by atoms with E-state index in [1.165, 1.54) is 12.8 Å². The number of hydrogen-bond donors (Lipinski definition) is 0. The van der Waals surface area contributed by atoms with Crippen molar-refractivity contribution in [3.8, 4) is 0 Å². The molecular formula is C16H19ClN4O2. The molecule has 1 saturated heterocycles. The highest BCUT2D eigenvalue weighted by Crippen LogP contribution is 2.36. The van der Waals surface area contributed by atoms with Crippen molar-refractivity contribution in [1.29, 1.82) is 0 Å². The van der Waals surface area contributed by atoms with Gasteiger partial charge < -0.3 is 9.64 Å². The summed E-state index contributed by atoms with van der Waals surface area (Å²) in [6.07, 6.45) is 7.93. The third-order valence-corrected chi connectivity index (χ3v) is 5.15. The van der Waals surface area contributed by atoms with Crippen molar-refractivity contribution in [1.82, 2.24) is 19.5 Å². The van der Waals surface area contributed by atoms with Crippen molar-refractivity contribution in [3.05, 3.63) is 28.7 Å². The van der Waals surface area contributed by atoms with E-state index >= 15 is 0 Å². The standard InChI is InChI=1S/C16H19ClN4O2/c1-11-8-18-14-12(17)13(19-21(14)9-11)15(22)20-6-7-23-16(10-20)4-2-3-5-16/h8-9H,2-7,10H2,1H3. The number of rotatable bonds is 1. The number of nitrogens with zero attached hydrogens (tertiary/aromatic N) is 4. The van der Waals surface area contributed by atoms with Gasteiger partial charge in [-0.15, -0.1) is 0 Å². The third kappa shape index (κ3) is 2.50. The summed E-state index contributed by atoms with van der Waals surface area (Å²) in [6, 6.07) is 0. The zero-order chi connectivity index (χ0) is 16.0. The Morgan fingerprint density at radius 3 is 2.96 bits per heavy atom. The quantitative estimate of drug-likeness (QED) is 0.804. The van der Waals surface area contributed by atoms with E-state index in [4.69, 9.17) is 16.3 Å². The van der Waals surface area contributed by atoms with Gasteiger partial charge in [-0.1, -0.05) is 24.4 Å². The number of carbonyl (C=O) groups excluding carboxylic acids is 1. The van der Waals surface area contributed by atoms with E-state index in [2.05, 4.69) is 10.1 Å². The molecule has 0 N–H and O–H groups in total. The molecule has 4 rings (SSSR count). The predicted octanol–water partition coefficient (Wildman–Crippen LogP) is 2.48. The Morgan fingerprint density at radius 1 is 1.39 bits per heavy atom. The van der Waals surface area contributed by atoms with Crippen LogP contribution in [0.2, 0.25) is 5.02 Å². The Balaban J connectivity index is 1.65. The van der Waals surface area contributed by atoms with Crippen molar-refractivity contribution in [2.45, 2.75) is 38.2 Å². The maximum absolute atomic E-state index is 12.9. The van der Waals surface area contributed by atoms with E-state index in [1.807, 2.05) is 18.0 Å². The molecule has 0 radical (unpaired) electrons. The van der Waals surface area contributed by atoms with Gasteiger partial charge in [-0.25, -0.2) is 9.50 Å². The van der Waals surface area contributed by atoms with Crippen molar-refractivity contribution < 1.29 is 9.53 Å². The Labute approximate surface area is 139 Å². The van der Waals surface area contributed by atoms with E-state index in [9.17, 15) is 4.79 Å². The second-order valence-electron chi connectivity index (χ2n) is 6.53. The summed E-state index contributed by atoms with van der Waals surface area (Å²) >= 11 is 6.35. The zero-order valence-corrected chi connectivity index (χ0v) is 13.8. The van der Waals surface area contributed by atoms with E-state index < -0.39 is 0 Å². The number of amides is 1. The average molecular weight is 335 g/mol. The number of carbonyl (C=O) groups is 1. The first kappa shape index (κ1) is 14.9. The molecule has 0 aromatic carbocycles. The van der Waals surface area contributed by atoms with Crippen LogP contribution < -0.4 is 0 Å². The number of morpholine rings is 1. The van der Waals surface area contributed by atoms with Gasteiger partial charge in [-0.2, -0.15) is 5.10 Å². The van der Waals surface area contributed by atoms with E-state index in [1.54, 1.807) is 10.7 Å². The summed E-state index contributed by atoms with van der Waals surface area (Å²) in [6.45, 7) is 3.71. The fourth-order valence-corrected chi connectivity index (χ4v) is 3.88. The molecule has 7 heteroatoms. The minimum Gasteiger partial charge on any atom is -0.371 e. The highest BCUT2D eigenvalue weighted by molar-refractivity contribution is 6.36. The van der Waals surface area contributed by atoms with E-state index in [0.717, 1.165) is 18.4 Å². The van der Waals surface area contributed by atoms with Crippen molar-refractivity contribution in [2.24, 2.45) is 0 Å². The first-order valence-corrected chi connectivity index (χ1v) is 8.40. The molecule has 1 amide bonds. The minimum absolute atomic E-state index is 0.132. The summed E-state index contributed by atoms with van der Waals surface area (Å²) in [7, 11) is 0. The minimum atomic E-state index is -0.158. The van der Waals surface area contributed by atoms with Gasteiger partial charge in [0.2, 0.25) is 0 Å². The lowest BCUT2D eigenvalue weighted by Gasteiger charge is -2.40. The number of ether oxygens (including phenoxy) is 1. The molecule has 1 spiro atoms. The number of halogens is 1. The van der Waals surface area contributed by atoms with Crippen LogP contribution >= 0.6 is 11.6 Å². The Hall–Kier alpha value is -1.66. The number of aryl methyl sites for hydroxylation is 1. The molecule has 3 heterocycles. The van der Waals surface area contributed by atoms with Crippen LogP contribution in [0.1, 0.15) is 41.7 Å². The summed E-state index contributed by atoms with van der Waals surface area (Å²) in [4.78, 5) is 19.0. The van der Waals surface area contributed by atoms with Gasteiger partial charge in [0.05, 0.1) is 18.8 Å². The van der Waals surface area contributed by atoms with Gasteiger partial charge >= 0.3 is 0 Å². The molecule has 122 valence electrons. The number of hydrogen-bond acceptors (Lipinski definition) is 4. The highest BCUT2D eigenvalue weighted by atomic mass is 35.5. The fraction of sp³-hybridized carbons (Fsp3) is 0.562. The SMILES string of the molecule is Cc1cnc2c(Cl)c(C(=O)N3CCOC4(CCCC4)C3)nn2c1. The van der Waals surface area contributed by atoms with Gasteiger partial charge in [0.25, 0.3) is 5.91 Å². The average Bonchev–Trinajstić information content (AvgIpc) is 3.11. The normalized spacial score (nSPS) is 20.5. The summed E-state index contributed by atoms with van der Waals surface area (Å²) in [5, 5.41) is 4.67. The van der Waals surface area contributed by atoms with Crippen LogP contribution in [0.15, 0.2) is 12.4 Å². The first-order valence-electron chi connectivity index (χ1n) is 8.02. The Morgan fingerprint density at radius 2 is 2.17 bits per heavy atom. The molecule has 0 bridgehead atoms. The number of fused-ring (bicyclic) bond motifs is 1. The molecule has 2 aliphatic rings. The maximum atomic E-state index is 12.9. The largest absolute Gasteiger partial charge is 0.371 e. The molecule has 6 nitrogen and oxygen atoms in total. The fourth-order valence-electron chi connectivity index (χ4n) is 3.63. The van der Waals surface area contributed by atoms with Crippen LogP contribution in [-0.4, -0.2) is 50.7 Å². The Bertz CT molecular complexity index is 767. The van der Waals surface area contributed by atoms with Gasteiger partial charge in [-0.3, -0.25) is 4.79 Å². The Kier molecular flexibility index (Phi) is 3.54. The molecule has 23 heavy (non-hydrogen) atoms. The van der Waals surface area contributed by atoms with Crippen LogP contribution in [0, 0.1) is 6.92 Å². The summed E-state index contributed by atoms with van der Waals surface area (Å²) < 4.78 is 7.56. The van der Waals surface area contributed by atoms with Gasteiger partial charge in [-0.05, 0) is 25.3 Å². The van der Waals surface area contributed by atoms with Gasteiger partial charge in [0.1, 0.15) is 5.02 Å².